The summed E-state index contributed by atoms with van der Waals surface area (Å²) in [7, 11) is 0. The third-order valence-electron chi connectivity index (χ3n) is 4.08. The third-order valence-corrected chi connectivity index (χ3v) is 4.08. The Labute approximate surface area is 111 Å². The number of fused-ring (bicyclic) bond motifs is 3. The molecule has 1 aromatic rings. The molecule has 2 aliphatic rings. The molecular formula is C15H16O4. The molecule has 0 fully saturated rings. The van der Waals surface area contributed by atoms with Crippen LogP contribution in [0.5, 0.6) is 0 Å². The molecule has 1 aromatic carbocycles. The van der Waals surface area contributed by atoms with E-state index in [4.69, 9.17) is 4.74 Å². The molecule has 1 heterocycles. The maximum Gasteiger partial charge on any atom is 0.335 e. The molecule has 0 saturated carbocycles. The van der Waals surface area contributed by atoms with Crippen LogP contribution in [0.25, 0.3) is 0 Å². The van der Waals surface area contributed by atoms with Crippen LogP contribution in [-0.4, -0.2) is 23.5 Å². The lowest BCUT2D eigenvalue weighted by atomic mass is 9.87. The quantitative estimate of drug-likeness (QED) is 0.841. The van der Waals surface area contributed by atoms with Gasteiger partial charge in [-0.05, 0) is 35.6 Å². The van der Waals surface area contributed by atoms with E-state index in [1.165, 1.54) is 0 Å². The molecule has 0 saturated heterocycles. The second-order valence-electron chi connectivity index (χ2n) is 5.91. The van der Waals surface area contributed by atoms with Crippen LogP contribution in [-0.2, 0) is 24.2 Å². The van der Waals surface area contributed by atoms with Gasteiger partial charge in [-0.1, -0.05) is 13.8 Å². The lowest BCUT2D eigenvalue weighted by Gasteiger charge is -2.21. The van der Waals surface area contributed by atoms with Crippen molar-refractivity contribution in [1.29, 1.82) is 0 Å². The van der Waals surface area contributed by atoms with E-state index in [9.17, 15) is 14.7 Å². The molecule has 0 amide bonds. The van der Waals surface area contributed by atoms with Gasteiger partial charge < -0.3 is 9.84 Å². The number of ether oxygens (including phenoxy) is 1. The molecule has 0 atom stereocenters. The van der Waals surface area contributed by atoms with Gasteiger partial charge in [0.05, 0.1) is 18.8 Å². The number of carboxylic acid groups (broad SMARTS) is 1. The fourth-order valence-electron chi connectivity index (χ4n) is 3.14. The Bertz CT molecular complexity index is 599. The van der Waals surface area contributed by atoms with Crippen molar-refractivity contribution in [3.8, 4) is 0 Å². The summed E-state index contributed by atoms with van der Waals surface area (Å²) < 4.78 is 5.43. The van der Waals surface area contributed by atoms with E-state index in [1.54, 1.807) is 6.07 Å². The molecule has 0 spiro atoms. The summed E-state index contributed by atoms with van der Waals surface area (Å²) in [6.45, 7) is 4.68. The number of ketones is 1. The Morgan fingerprint density at radius 1 is 1.37 bits per heavy atom. The Balaban J connectivity index is 2.28. The summed E-state index contributed by atoms with van der Waals surface area (Å²) in [4.78, 5) is 23.9. The van der Waals surface area contributed by atoms with Crippen molar-refractivity contribution >= 4 is 11.8 Å². The Hall–Kier alpha value is -1.68. The molecule has 4 nitrogen and oxygen atoms in total. The number of hydrogen-bond acceptors (Lipinski definition) is 3. The molecular weight excluding hydrogens is 244 g/mol. The smallest absolute Gasteiger partial charge is 0.335 e. The molecule has 0 radical (unpaired) electrons. The van der Waals surface area contributed by atoms with E-state index in [1.807, 2.05) is 13.8 Å². The van der Waals surface area contributed by atoms with Gasteiger partial charge in [-0.3, -0.25) is 4.79 Å². The first kappa shape index (κ1) is 12.4. The maximum absolute atomic E-state index is 12.5. The second kappa shape index (κ2) is 3.90. The predicted molar refractivity (Wildman–Crippen MR) is 68.6 cm³/mol. The zero-order chi connectivity index (χ0) is 13.8. The van der Waals surface area contributed by atoms with Gasteiger partial charge in [-0.25, -0.2) is 4.79 Å². The fraction of sp³-hybridized carbons (Fsp3) is 0.467. The number of carbonyl (C=O) groups is 2. The van der Waals surface area contributed by atoms with Gasteiger partial charge in [0.2, 0.25) is 0 Å². The summed E-state index contributed by atoms with van der Waals surface area (Å²) in [5.41, 5.74) is 3.05. The van der Waals surface area contributed by atoms with Crippen LogP contribution in [0.3, 0.4) is 0 Å². The number of rotatable bonds is 1. The highest BCUT2D eigenvalue weighted by atomic mass is 16.5. The average Bonchev–Trinajstić information content (AvgIpc) is 2.59. The molecule has 0 unspecified atom stereocenters. The van der Waals surface area contributed by atoms with Gasteiger partial charge in [0.15, 0.2) is 5.78 Å². The van der Waals surface area contributed by atoms with Gasteiger partial charge in [0, 0.05) is 11.0 Å². The van der Waals surface area contributed by atoms with E-state index in [0.29, 0.717) is 37.2 Å². The second-order valence-corrected chi connectivity index (χ2v) is 5.91. The zero-order valence-corrected chi connectivity index (χ0v) is 11.1. The van der Waals surface area contributed by atoms with Crippen LogP contribution in [0.1, 0.15) is 51.3 Å². The first-order chi connectivity index (χ1) is 8.92. The summed E-state index contributed by atoms with van der Waals surface area (Å²) in [5.74, 6) is -0.806. The topological polar surface area (TPSA) is 63.6 Å². The summed E-state index contributed by atoms with van der Waals surface area (Å²) >= 11 is 0. The number of hydrogen-bond donors (Lipinski definition) is 1. The van der Waals surface area contributed by atoms with Crippen molar-refractivity contribution in [1.82, 2.24) is 0 Å². The van der Waals surface area contributed by atoms with E-state index in [0.717, 1.165) is 16.7 Å². The molecule has 1 aliphatic heterocycles. The van der Waals surface area contributed by atoms with Crippen LogP contribution < -0.4 is 0 Å². The van der Waals surface area contributed by atoms with E-state index < -0.39 is 11.4 Å². The molecule has 1 aliphatic carbocycles. The Morgan fingerprint density at radius 3 is 2.79 bits per heavy atom. The van der Waals surface area contributed by atoms with Crippen molar-refractivity contribution in [2.75, 3.05) is 6.61 Å². The van der Waals surface area contributed by atoms with Crippen molar-refractivity contribution in [2.45, 2.75) is 33.3 Å². The fourth-order valence-corrected chi connectivity index (χ4v) is 3.14. The van der Waals surface area contributed by atoms with Gasteiger partial charge in [0.25, 0.3) is 0 Å². The lowest BCUT2D eigenvalue weighted by molar-refractivity contribution is 0.0688. The molecule has 0 aromatic heterocycles. The standard InChI is InChI=1S/C15H16O4/c1-15(2)6-8-5-10(14(17)18)9-3-4-19-7-11(9)12(8)13(15)16/h5H,3-4,6-7H2,1-2H3,(H,17,18). The average molecular weight is 260 g/mol. The Kier molecular flexibility index (Phi) is 2.54. The molecule has 1 N–H and O–H groups in total. The number of Topliss-reactive ketones (excluding diaryl/α,β-unsaturated/α-hetero) is 1. The minimum absolute atomic E-state index is 0.112. The van der Waals surface area contributed by atoms with E-state index >= 15 is 0 Å². The van der Waals surface area contributed by atoms with Crippen molar-refractivity contribution in [3.63, 3.8) is 0 Å². The normalized spacial score (nSPS) is 20.0. The van der Waals surface area contributed by atoms with Gasteiger partial charge in [0.1, 0.15) is 0 Å². The largest absolute Gasteiger partial charge is 0.478 e. The summed E-state index contributed by atoms with van der Waals surface area (Å²) in [6.07, 6.45) is 1.17. The highest BCUT2D eigenvalue weighted by Gasteiger charge is 2.41. The third kappa shape index (κ3) is 1.70. The molecule has 3 rings (SSSR count). The minimum atomic E-state index is -0.918. The number of carbonyl (C=O) groups excluding carboxylic acids is 1. The van der Waals surface area contributed by atoms with Crippen LogP contribution in [0, 0.1) is 5.41 Å². The van der Waals surface area contributed by atoms with Crippen LogP contribution >= 0.6 is 0 Å². The first-order valence-electron chi connectivity index (χ1n) is 6.45. The molecule has 0 bridgehead atoms. The van der Waals surface area contributed by atoms with Crippen LogP contribution in [0.2, 0.25) is 0 Å². The van der Waals surface area contributed by atoms with Crippen molar-refractivity contribution in [2.24, 2.45) is 5.41 Å². The number of aromatic carboxylic acids is 1. The SMILES string of the molecule is CC1(C)Cc2cc(C(=O)O)c3c(c2C1=O)COCC3. The summed E-state index contributed by atoms with van der Waals surface area (Å²) in [5, 5.41) is 9.34. The first-order valence-corrected chi connectivity index (χ1v) is 6.45. The monoisotopic (exact) mass is 260 g/mol. The zero-order valence-electron chi connectivity index (χ0n) is 11.1. The lowest BCUT2D eigenvalue weighted by Crippen LogP contribution is -2.22. The maximum atomic E-state index is 12.5. The molecule has 100 valence electrons. The van der Waals surface area contributed by atoms with Gasteiger partial charge in [-0.2, -0.15) is 0 Å². The highest BCUT2D eigenvalue weighted by molar-refractivity contribution is 6.07. The molecule has 19 heavy (non-hydrogen) atoms. The van der Waals surface area contributed by atoms with Gasteiger partial charge in [-0.15, -0.1) is 0 Å². The van der Waals surface area contributed by atoms with Crippen LogP contribution in [0.4, 0.5) is 0 Å². The van der Waals surface area contributed by atoms with E-state index in [2.05, 4.69) is 0 Å². The van der Waals surface area contributed by atoms with Crippen molar-refractivity contribution < 1.29 is 19.4 Å². The van der Waals surface area contributed by atoms with Gasteiger partial charge >= 0.3 is 5.97 Å². The minimum Gasteiger partial charge on any atom is -0.478 e. The van der Waals surface area contributed by atoms with Crippen LogP contribution in [0.15, 0.2) is 6.07 Å². The molecule has 4 heteroatoms. The van der Waals surface area contributed by atoms with Crippen molar-refractivity contribution in [3.05, 3.63) is 33.9 Å². The predicted octanol–water partition coefficient (Wildman–Crippen LogP) is 2.22. The highest BCUT2D eigenvalue weighted by Crippen LogP contribution is 2.41. The summed E-state index contributed by atoms with van der Waals surface area (Å²) in [6, 6.07) is 1.69. The Morgan fingerprint density at radius 2 is 2.11 bits per heavy atom. The van der Waals surface area contributed by atoms with E-state index in [-0.39, 0.29) is 5.78 Å². The number of carboxylic acids is 1. The number of benzene rings is 1.